The van der Waals surface area contributed by atoms with E-state index in [4.69, 9.17) is 0 Å². The van der Waals surface area contributed by atoms with Crippen molar-refractivity contribution in [2.75, 3.05) is 5.32 Å². The van der Waals surface area contributed by atoms with Crippen molar-refractivity contribution in [3.8, 4) is 0 Å². The molecule has 0 heterocycles. The third-order valence-electron chi connectivity index (χ3n) is 2.49. The Morgan fingerprint density at radius 2 is 1.40 bits per heavy atom. The first-order valence-corrected chi connectivity index (χ1v) is 7.39. The zero-order chi connectivity index (χ0) is 15.2. The lowest BCUT2D eigenvalue weighted by Crippen LogP contribution is -1.98. The van der Waals surface area contributed by atoms with Gasteiger partial charge in [0.05, 0.1) is 0 Å². The van der Waals surface area contributed by atoms with Gasteiger partial charge in [-0.05, 0) is 23.3 Å². The topological polar surface area (TPSA) is 12.0 Å². The lowest BCUT2D eigenvalue weighted by atomic mass is 10.2. The molecule has 0 fully saturated rings. The van der Waals surface area contributed by atoms with Crippen molar-refractivity contribution in [2.24, 2.45) is 0 Å². The van der Waals surface area contributed by atoms with Crippen LogP contribution in [0.3, 0.4) is 0 Å². The van der Waals surface area contributed by atoms with Gasteiger partial charge >= 0.3 is 0 Å². The summed E-state index contributed by atoms with van der Waals surface area (Å²) in [6.07, 6.45) is 1.85. The second-order valence-corrected chi connectivity index (χ2v) is 3.67. The molecule has 0 saturated carbocycles. The van der Waals surface area contributed by atoms with E-state index in [1.165, 1.54) is 5.56 Å². The summed E-state index contributed by atoms with van der Waals surface area (Å²) in [5.74, 6) is 0. The summed E-state index contributed by atoms with van der Waals surface area (Å²) in [5.41, 5.74) is 3.56. The van der Waals surface area contributed by atoms with E-state index in [0.717, 1.165) is 17.8 Å². The van der Waals surface area contributed by atoms with E-state index in [-0.39, 0.29) is 0 Å². The van der Waals surface area contributed by atoms with Gasteiger partial charge in [0.15, 0.2) is 0 Å². The monoisotopic (exact) mass is 269 g/mol. The number of nitrogens with one attached hydrogen (secondary N) is 1. The van der Waals surface area contributed by atoms with Gasteiger partial charge in [-0.15, -0.1) is 0 Å². The molecule has 0 atom stereocenters. The molecule has 2 aromatic carbocycles. The van der Waals surface area contributed by atoms with Gasteiger partial charge in [-0.1, -0.05) is 82.8 Å². The minimum atomic E-state index is 0.855. The van der Waals surface area contributed by atoms with Crippen molar-refractivity contribution in [3.05, 3.63) is 72.3 Å². The summed E-state index contributed by atoms with van der Waals surface area (Å²) in [5, 5.41) is 3.38. The minimum Gasteiger partial charge on any atom is -0.381 e. The van der Waals surface area contributed by atoms with Crippen LogP contribution in [0.5, 0.6) is 0 Å². The van der Waals surface area contributed by atoms with Gasteiger partial charge in [-0.25, -0.2) is 0 Å². The molecule has 0 unspecified atom stereocenters. The first-order chi connectivity index (χ1) is 9.88. The van der Waals surface area contributed by atoms with E-state index < -0.39 is 0 Å². The van der Waals surface area contributed by atoms with Gasteiger partial charge in [-0.3, -0.25) is 0 Å². The Labute approximate surface area is 124 Å². The highest BCUT2D eigenvalue weighted by molar-refractivity contribution is 5.53. The predicted molar refractivity (Wildman–Crippen MR) is 93.0 cm³/mol. The van der Waals surface area contributed by atoms with Gasteiger partial charge in [0.25, 0.3) is 0 Å². The predicted octanol–water partition coefficient (Wildman–Crippen LogP) is 5.99. The molecular formula is C19H27N. The van der Waals surface area contributed by atoms with Crippen molar-refractivity contribution >= 4 is 11.8 Å². The number of benzene rings is 2. The van der Waals surface area contributed by atoms with E-state index in [0.29, 0.717) is 0 Å². The average Bonchev–Trinajstić information content (AvgIpc) is 2.58. The standard InChI is InChI=1S/C15H15N.2C2H6/c1-2-13-8-10-15(11-9-13)16-12-14-6-4-3-5-7-14;2*1-2/h2-11,16H,1,12H2;2*1-2H3. The first-order valence-electron chi connectivity index (χ1n) is 7.39. The fourth-order valence-electron chi connectivity index (χ4n) is 1.54. The number of anilines is 1. The maximum absolute atomic E-state index is 3.73. The van der Waals surface area contributed by atoms with E-state index in [1.807, 2.05) is 39.8 Å². The molecule has 0 aliphatic heterocycles. The van der Waals surface area contributed by atoms with E-state index >= 15 is 0 Å². The third-order valence-corrected chi connectivity index (χ3v) is 2.49. The van der Waals surface area contributed by atoms with Crippen LogP contribution in [0.1, 0.15) is 38.8 Å². The summed E-state index contributed by atoms with van der Waals surface area (Å²) in [4.78, 5) is 0. The Hall–Kier alpha value is -2.02. The molecule has 1 heteroatoms. The SMILES string of the molecule is C=Cc1ccc(NCc2ccccc2)cc1.CC.CC. The fourth-order valence-corrected chi connectivity index (χ4v) is 1.54. The highest BCUT2D eigenvalue weighted by Gasteiger charge is 1.93. The average molecular weight is 269 g/mol. The molecule has 2 aromatic rings. The summed E-state index contributed by atoms with van der Waals surface area (Å²) >= 11 is 0. The molecule has 0 aromatic heterocycles. The van der Waals surface area contributed by atoms with Crippen LogP contribution >= 0.6 is 0 Å². The first kappa shape index (κ1) is 18.0. The molecule has 0 spiro atoms. The van der Waals surface area contributed by atoms with Crippen LogP contribution in [0.25, 0.3) is 6.08 Å². The van der Waals surface area contributed by atoms with Crippen molar-refractivity contribution in [1.29, 1.82) is 0 Å². The van der Waals surface area contributed by atoms with E-state index in [9.17, 15) is 0 Å². The van der Waals surface area contributed by atoms with Crippen LogP contribution < -0.4 is 5.32 Å². The molecule has 0 radical (unpaired) electrons. The molecule has 108 valence electrons. The number of hydrogen-bond donors (Lipinski definition) is 1. The Morgan fingerprint density at radius 1 is 0.850 bits per heavy atom. The lowest BCUT2D eigenvalue weighted by Gasteiger charge is -2.06. The van der Waals surface area contributed by atoms with Crippen molar-refractivity contribution in [3.63, 3.8) is 0 Å². The summed E-state index contributed by atoms with van der Waals surface area (Å²) < 4.78 is 0. The minimum absolute atomic E-state index is 0.855. The Balaban J connectivity index is 0.000000829. The maximum atomic E-state index is 3.73. The van der Waals surface area contributed by atoms with Crippen LogP contribution in [0.2, 0.25) is 0 Å². The molecule has 0 aliphatic carbocycles. The Morgan fingerprint density at radius 3 is 1.90 bits per heavy atom. The van der Waals surface area contributed by atoms with Crippen LogP contribution in [-0.2, 0) is 6.54 Å². The lowest BCUT2D eigenvalue weighted by molar-refractivity contribution is 1.15. The Kier molecular flexibility index (Phi) is 10.8. The van der Waals surface area contributed by atoms with Crippen molar-refractivity contribution in [2.45, 2.75) is 34.2 Å². The highest BCUT2D eigenvalue weighted by Crippen LogP contribution is 2.11. The third kappa shape index (κ3) is 6.79. The van der Waals surface area contributed by atoms with E-state index in [2.05, 4.69) is 60.4 Å². The second-order valence-electron chi connectivity index (χ2n) is 3.67. The maximum Gasteiger partial charge on any atom is 0.0400 e. The molecule has 20 heavy (non-hydrogen) atoms. The van der Waals surface area contributed by atoms with Crippen molar-refractivity contribution in [1.82, 2.24) is 0 Å². The fraction of sp³-hybridized carbons (Fsp3) is 0.263. The van der Waals surface area contributed by atoms with Gasteiger partial charge in [0.1, 0.15) is 0 Å². The van der Waals surface area contributed by atoms with Gasteiger partial charge < -0.3 is 5.32 Å². The van der Waals surface area contributed by atoms with Gasteiger partial charge in [0.2, 0.25) is 0 Å². The molecule has 0 amide bonds. The molecule has 0 aliphatic rings. The zero-order valence-electron chi connectivity index (χ0n) is 13.2. The summed E-state index contributed by atoms with van der Waals surface area (Å²) in [7, 11) is 0. The van der Waals surface area contributed by atoms with Crippen molar-refractivity contribution < 1.29 is 0 Å². The van der Waals surface area contributed by atoms with Gasteiger partial charge in [-0.2, -0.15) is 0 Å². The smallest absolute Gasteiger partial charge is 0.0400 e. The molecule has 1 N–H and O–H groups in total. The van der Waals surface area contributed by atoms with Crippen LogP contribution in [0.15, 0.2) is 61.2 Å². The Bertz CT molecular complexity index is 443. The molecule has 0 bridgehead atoms. The zero-order valence-corrected chi connectivity index (χ0v) is 13.2. The molecule has 1 nitrogen and oxygen atoms in total. The largest absolute Gasteiger partial charge is 0.381 e. The highest BCUT2D eigenvalue weighted by atomic mass is 14.9. The van der Waals surface area contributed by atoms with Crippen LogP contribution in [0, 0.1) is 0 Å². The number of hydrogen-bond acceptors (Lipinski definition) is 1. The summed E-state index contributed by atoms with van der Waals surface area (Å²) in [6.45, 7) is 12.6. The van der Waals surface area contributed by atoms with Crippen LogP contribution in [-0.4, -0.2) is 0 Å². The summed E-state index contributed by atoms with van der Waals surface area (Å²) in [6, 6.07) is 18.6. The number of rotatable bonds is 4. The quantitative estimate of drug-likeness (QED) is 0.718. The second kappa shape index (κ2) is 12.0. The normalized spacial score (nSPS) is 8.40. The van der Waals surface area contributed by atoms with Gasteiger partial charge in [0, 0.05) is 12.2 Å². The molecule has 2 rings (SSSR count). The van der Waals surface area contributed by atoms with E-state index in [1.54, 1.807) is 0 Å². The van der Waals surface area contributed by atoms with Crippen LogP contribution in [0.4, 0.5) is 5.69 Å². The molecule has 0 saturated heterocycles. The molecular weight excluding hydrogens is 242 g/mol.